The Labute approximate surface area is 105 Å². The fourth-order valence-corrected chi connectivity index (χ4v) is 1.61. The molecule has 0 fully saturated rings. The Kier molecular flexibility index (Phi) is 6.30. The number of hydrogen-bond donors (Lipinski definition) is 1. The van der Waals surface area contributed by atoms with E-state index in [1.165, 1.54) is 0 Å². The van der Waals surface area contributed by atoms with Gasteiger partial charge < -0.3 is 14.5 Å². The molecule has 3 heteroatoms. The van der Waals surface area contributed by atoms with Crippen molar-refractivity contribution in [2.24, 2.45) is 0 Å². The van der Waals surface area contributed by atoms with Crippen LogP contribution in [0.15, 0.2) is 16.5 Å². The summed E-state index contributed by atoms with van der Waals surface area (Å²) in [6, 6.07) is 4.48. The molecule has 0 amide bonds. The Morgan fingerprint density at radius 2 is 1.94 bits per heavy atom. The Morgan fingerprint density at radius 1 is 1.24 bits per heavy atom. The molecule has 17 heavy (non-hydrogen) atoms. The van der Waals surface area contributed by atoms with Gasteiger partial charge in [0.05, 0.1) is 12.6 Å². The zero-order chi connectivity index (χ0) is 12.7. The van der Waals surface area contributed by atoms with Crippen LogP contribution in [-0.2, 0) is 17.9 Å². The van der Waals surface area contributed by atoms with E-state index >= 15 is 0 Å². The summed E-state index contributed by atoms with van der Waals surface area (Å²) in [6.07, 6.45) is 2.56. The summed E-state index contributed by atoms with van der Waals surface area (Å²) < 4.78 is 11.4. The first-order chi connectivity index (χ1) is 8.11. The van der Waals surface area contributed by atoms with E-state index in [1.54, 1.807) is 0 Å². The summed E-state index contributed by atoms with van der Waals surface area (Å²) >= 11 is 0. The van der Waals surface area contributed by atoms with Crippen LogP contribution in [0.1, 0.15) is 52.1 Å². The molecule has 98 valence electrons. The minimum absolute atomic E-state index is 0.308. The molecule has 1 aromatic rings. The van der Waals surface area contributed by atoms with Gasteiger partial charge in [-0.2, -0.15) is 0 Å². The second-order valence-corrected chi connectivity index (χ2v) is 4.81. The summed E-state index contributed by atoms with van der Waals surface area (Å²) in [5, 5.41) is 3.33. The SMILES string of the molecule is CCCC(C)OCc1ccc(CNC(C)C)o1. The fourth-order valence-electron chi connectivity index (χ4n) is 1.61. The molecule has 0 radical (unpaired) electrons. The molecule has 1 aromatic heterocycles. The normalized spacial score (nSPS) is 13.2. The third-order valence-electron chi connectivity index (χ3n) is 2.61. The highest BCUT2D eigenvalue weighted by molar-refractivity contribution is 5.06. The molecular formula is C14H25NO2. The minimum atomic E-state index is 0.308. The van der Waals surface area contributed by atoms with E-state index in [9.17, 15) is 0 Å². The predicted octanol–water partition coefficient (Wildman–Crippen LogP) is 3.48. The van der Waals surface area contributed by atoms with Crippen LogP contribution in [0.2, 0.25) is 0 Å². The molecular weight excluding hydrogens is 214 g/mol. The number of hydrogen-bond acceptors (Lipinski definition) is 3. The van der Waals surface area contributed by atoms with Gasteiger partial charge >= 0.3 is 0 Å². The van der Waals surface area contributed by atoms with Gasteiger partial charge in [-0.15, -0.1) is 0 Å². The van der Waals surface area contributed by atoms with Crippen molar-refractivity contribution in [2.75, 3.05) is 0 Å². The first-order valence-electron chi connectivity index (χ1n) is 6.54. The molecule has 1 rings (SSSR count). The van der Waals surface area contributed by atoms with E-state index in [0.29, 0.717) is 18.8 Å². The molecule has 0 saturated heterocycles. The number of rotatable bonds is 8. The van der Waals surface area contributed by atoms with Crippen molar-refractivity contribution in [2.45, 2.75) is 65.8 Å². The van der Waals surface area contributed by atoms with Gasteiger partial charge in [0.1, 0.15) is 18.1 Å². The molecule has 1 atom stereocenters. The van der Waals surface area contributed by atoms with Crippen LogP contribution in [0, 0.1) is 0 Å². The zero-order valence-electron chi connectivity index (χ0n) is 11.5. The molecule has 0 aliphatic heterocycles. The first-order valence-corrected chi connectivity index (χ1v) is 6.54. The standard InChI is InChI=1S/C14H25NO2/c1-5-6-12(4)16-10-14-8-7-13(17-14)9-15-11(2)3/h7-8,11-12,15H,5-6,9-10H2,1-4H3. The number of furan rings is 1. The molecule has 0 bridgehead atoms. The second kappa shape index (κ2) is 7.51. The zero-order valence-corrected chi connectivity index (χ0v) is 11.5. The van der Waals surface area contributed by atoms with Gasteiger partial charge in [0, 0.05) is 6.04 Å². The van der Waals surface area contributed by atoms with E-state index in [4.69, 9.17) is 9.15 Å². The average molecular weight is 239 g/mol. The topological polar surface area (TPSA) is 34.4 Å². The van der Waals surface area contributed by atoms with Crippen molar-refractivity contribution >= 4 is 0 Å². The third kappa shape index (κ3) is 5.89. The Balaban J connectivity index is 2.30. The first kappa shape index (κ1) is 14.3. The maximum atomic E-state index is 5.69. The molecule has 1 unspecified atom stereocenters. The molecule has 1 N–H and O–H groups in total. The van der Waals surface area contributed by atoms with Crippen LogP contribution in [0.4, 0.5) is 0 Å². The summed E-state index contributed by atoms with van der Waals surface area (Å²) in [7, 11) is 0. The highest BCUT2D eigenvalue weighted by atomic mass is 16.5. The van der Waals surface area contributed by atoms with E-state index in [2.05, 4.69) is 33.0 Å². The number of nitrogens with one attached hydrogen (secondary N) is 1. The smallest absolute Gasteiger partial charge is 0.129 e. The van der Waals surface area contributed by atoms with Crippen LogP contribution in [0.25, 0.3) is 0 Å². The van der Waals surface area contributed by atoms with Crippen LogP contribution >= 0.6 is 0 Å². The molecule has 0 aliphatic carbocycles. The maximum absolute atomic E-state index is 5.69. The van der Waals surface area contributed by atoms with Gasteiger partial charge in [-0.3, -0.25) is 0 Å². The summed E-state index contributed by atoms with van der Waals surface area (Å²) in [5.74, 6) is 1.88. The molecule has 0 spiro atoms. The van der Waals surface area contributed by atoms with Crippen molar-refractivity contribution in [3.8, 4) is 0 Å². The van der Waals surface area contributed by atoms with Crippen molar-refractivity contribution in [3.05, 3.63) is 23.7 Å². The van der Waals surface area contributed by atoms with Gasteiger partial charge in [0.2, 0.25) is 0 Å². The molecule has 3 nitrogen and oxygen atoms in total. The highest BCUT2D eigenvalue weighted by Crippen LogP contribution is 2.11. The van der Waals surface area contributed by atoms with Crippen molar-refractivity contribution in [1.29, 1.82) is 0 Å². The third-order valence-corrected chi connectivity index (χ3v) is 2.61. The predicted molar refractivity (Wildman–Crippen MR) is 69.8 cm³/mol. The lowest BCUT2D eigenvalue weighted by atomic mass is 10.2. The summed E-state index contributed by atoms with van der Waals surface area (Å²) in [5.41, 5.74) is 0. The lowest BCUT2D eigenvalue weighted by Crippen LogP contribution is -2.21. The lowest BCUT2D eigenvalue weighted by molar-refractivity contribution is 0.0366. The van der Waals surface area contributed by atoms with E-state index in [-0.39, 0.29) is 0 Å². The van der Waals surface area contributed by atoms with Gasteiger partial charge in [0.15, 0.2) is 0 Å². The summed E-state index contributed by atoms with van der Waals surface area (Å²) in [4.78, 5) is 0. The fraction of sp³-hybridized carbons (Fsp3) is 0.714. The van der Waals surface area contributed by atoms with Gasteiger partial charge in [-0.25, -0.2) is 0 Å². The van der Waals surface area contributed by atoms with Crippen molar-refractivity contribution in [1.82, 2.24) is 5.32 Å². The number of ether oxygens (including phenoxy) is 1. The van der Waals surface area contributed by atoms with E-state index in [1.807, 2.05) is 12.1 Å². The molecule has 0 aliphatic rings. The van der Waals surface area contributed by atoms with E-state index in [0.717, 1.165) is 30.9 Å². The van der Waals surface area contributed by atoms with Crippen LogP contribution in [0.5, 0.6) is 0 Å². The second-order valence-electron chi connectivity index (χ2n) is 4.81. The monoisotopic (exact) mass is 239 g/mol. The van der Waals surface area contributed by atoms with Crippen LogP contribution in [-0.4, -0.2) is 12.1 Å². The minimum Gasteiger partial charge on any atom is -0.462 e. The van der Waals surface area contributed by atoms with Gasteiger partial charge in [-0.1, -0.05) is 27.2 Å². The van der Waals surface area contributed by atoms with Gasteiger partial charge in [-0.05, 0) is 25.5 Å². The molecule has 0 saturated carbocycles. The van der Waals surface area contributed by atoms with Crippen molar-refractivity contribution in [3.63, 3.8) is 0 Å². The van der Waals surface area contributed by atoms with Crippen LogP contribution in [0.3, 0.4) is 0 Å². The Hall–Kier alpha value is -0.800. The highest BCUT2D eigenvalue weighted by Gasteiger charge is 2.05. The lowest BCUT2D eigenvalue weighted by Gasteiger charge is -2.10. The summed E-state index contributed by atoms with van der Waals surface area (Å²) in [6.45, 7) is 9.87. The Morgan fingerprint density at radius 3 is 2.59 bits per heavy atom. The van der Waals surface area contributed by atoms with Crippen LogP contribution < -0.4 is 5.32 Å². The van der Waals surface area contributed by atoms with E-state index < -0.39 is 0 Å². The van der Waals surface area contributed by atoms with Crippen molar-refractivity contribution < 1.29 is 9.15 Å². The Bertz CT molecular complexity index is 307. The van der Waals surface area contributed by atoms with Gasteiger partial charge in [0.25, 0.3) is 0 Å². The molecule has 1 heterocycles. The molecule has 0 aromatic carbocycles. The largest absolute Gasteiger partial charge is 0.462 e. The quantitative estimate of drug-likeness (QED) is 0.754. The average Bonchev–Trinajstić information content (AvgIpc) is 2.72. The maximum Gasteiger partial charge on any atom is 0.129 e.